The number of rotatable bonds is 3. The Bertz CT molecular complexity index is 1570. The molecule has 4 aromatic rings. The lowest BCUT2D eigenvalue weighted by atomic mass is 10.0. The lowest BCUT2D eigenvalue weighted by molar-refractivity contribution is -0.0830. The highest BCUT2D eigenvalue weighted by atomic mass is 19.1. The molecule has 11 heteroatoms. The van der Waals surface area contributed by atoms with E-state index in [2.05, 4.69) is 32.2 Å². The minimum absolute atomic E-state index is 0.0693. The molecule has 0 radical (unpaired) electrons. The third-order valence-corrected chi connectivity index (χ3v) is 6.07. The highest BCUT2D eigenvalue weighted by Crippen LogP contribution is 2.31. The van der Waals surface area contributed by atoms with Crippen LogP contribution in [0.5, 0.6) is 0 Å². The van der Waals surface area contributed by atoms with Crippen molar-refractivity contribution in [2.45, 2.75) is 32.9 Å². The molecule has 1 aliphatic heterocycles. The summed E-state index contributed by atoms with van der Waals surface area (Å²) in [7, 11) is 0. The highest BCUT2D eigenvalue weighted by molar-refractivity contribution is 5.91. The van der Waals surface area contributed by atoms with Gasteiger partial charge in [-0.25, -0.2) is 28.2 Å². The van der Waals surface area contributed by atoms with Crippen LogP contribution in [0.25, 0.3) is 11.0 Å². The van der Waals surface area contributed by atoms with Crippen LogP contribution in [0.1, 0.15) is 41.8 Å². The van der Waals surface area contributed by atoms with Gasteiger partial charge in [0.25, 0.3) is 0 Å². The van der Waals surface area contributed by atoms with Gasteiger partial charge in [-0.2, -0.15) is 10.2 Å². The van der Waals surface area contributed by atoms with Gasteiger partial charge in [0.1, 0.15) is 29.5 Å². The van der Waals surface area contributed by atoms with Crippen molar-refractivity contribution < 1.29 is 18.4 Å². The molecular weight excluding hydrogens is 480 g/mol. The Kier molecular flexibility index (Phi) is 6.42. The molecule has 3 N–H and O–H groups in total. The van der Waals surface area contributed by atoms with Gasteiger partial charge in [0.05, 0.1) is 23.7 Å². The zero-order valence-corrected chi connectivity index (χ0v) is 20.1. The molecule has 5 rings (SSSR count). The van der Waals surface area contributed by atoms with E-state index in [4.69, 9.17) is 10.6 Å². The molecule has 37 heavy (non-hydrogen) atoms. The molecule has 3 heterocycles. The number of hydroxylamine groups is 2. The van der Waals surface area contributed by atoms with E-state index in [1.165, 1.54) is 30.6 Å². The molecule has 1 atom stereocenters. The summed E-state index contributed by atoms with van der Waals surface area (Å²) in [5, 5.41) is 8.66. The molecule has 2 aromatic heterocycles. The van der Waals surface area contributed by atoms with Crippen LogP contribution in [0, 0.1) is 30.4 Å². The van der Waals surface area contributed by atoms with Crippen molar-refractivity contribution in [2.24, 2.45) is 0 Å². The summed E-state index contributed by atoms with van der Waals surface area (Å²) < 4.78 is 30.2. The first-order valence-corrected chi connectivity index (χ1v) is 11.6. The number of hydrogen-bond acceptors (Lipinski definition) is 6. The van der Waals surface area contributed by atoms with E-state index in [-0.39, 0.29) is 18.1 Å². The van der Waals surface area contributed by atoms with Crippen LogP contribution >= 0.6 is 0 Å². The summed E-state index contributed by atoms with van der Waals surface area (Å²) >= 11 is 0. The predicted octanol–water partition coefficient (Wildman–Crippen LogP) is 4.33. The van der Waals surface area contributed by atoms with Crippen molar-refractivity contribution in [3.63, 3.8) is 0 Å². The first-order valence-electron chi connectivity index (χ1n) is 11.6. The largest absolute Gasteiger partial charge is 0.383 e. The molecule has 0 unspecified atom stereocenters. The van der Waals surface area contributed by atoms with Gasteiger partial charge < -0.3 is 11.1 Å². The maximum atomic E-state index is 14.8. The molecule has 0 bridgehead atoms. The Hall–Kier alpha value is -4.56. The second-order valence-corrected chi connectivity index (χ2v) is 8.47. The normalized spacial score (nSPS) is 15.0. The van der Waals surface area contributed by atoms with Crippen molar-refractivity contribution in [3.05, 3.63) is 76.7 Å². The van der Waals surface area contributed by atoms with Crippen LogP contribution in [-0.4, -0.2) is 37.4 Å². The van der Waals surface area contributed by atoms with Gasteiger partial charge in [-0.1, -0.05) is 18.1 Å². The summed E-state index contributed by atoms with van der Waals surface area (Å²) in [4.78, 5) is 26.7. The fourth-order valence-corrected chi connectivity index (χ4v) is 4.22. The third kappa shape index (κ3) is 4.66. The molecule has 0 aliphatic carbocycles. The van der Waals surface area contributed by atoms with Crippen molar-refractivity contribution >= 4 is 28.6 Å². The monoisotopic (exact) mass is 503 g/mol. The first-order chi connectivity index (χ1) is 17.9. The van der Waals surface area contributed by atoms with E-state index in [1.807, 2.05) is 6.92 Å². The number of halogens is 2. The Morgan fingerprint density at radius 3 is 2.86 bits per heavy atom. The number of nitrogens with two attached hydrogens (primary N) is 1. The number of carbonyl (C=O) groups excluding carboxylic acids is 1. The number of carbonyl (C=O) groups is 1. The Morgan fingerprint density at radius 1 is 1.24 bits per heavy atom. The minimum atomic E-state index is -0.675. The van der Waals surface area contributed by atoms with Gasteiger partial charge in [-0.3, -0.25) is 4.84 Å². The molecule has 9 nitrogen and oxygen atoms in total. The average Bonchev–Trinajstić information content (AvgIpc) is 3.51. The standard InChI is InChI=1S/C26H23F2N7O2/c1-3-34-25-23(24(29)30-14-31-25)20(33-34)8-7-16-13-21(19(28)11-15(16)2)32-26(36)35-22(9-10-37-35)17-5-4-6-18(27)12-17/h4-6,11-14,22H,3,9-10H2,1-2H3,(H,32,36)(H2,29,30,31)/t22-/m1/s1. The van der Waals surface area contributed by atoms with Gasteiger partial charge in [-0.05, 0) is 55.2 Å². The maximum Gasteiger partial charge on any atom is 0.346 e. The van der Waals surface area contributed by atoms with Crippen LogP contribution in [0.15, 0.2) is 42.7 Å². The molecule has 2 aromatic carbocycles. The average molecular weight is 504 g/mol. The number of aryl methyl sites for hydroxylation is 2. The smallest absolute Gasteiger partial charge is 0.346 e. The van der Waals surface area contributed by atoms with Gasteiger partial charge in [0.2, 0.25) is 0 Å². The molecule has 1 fully saturated rings. The van der Waals surface area contributed by atoms with E-state index in [0.717, 1.165) is 5.06 Å². The quantitative estimate of drug-likeness (QED) is 0.403. The Balaban J connectivity index is 1.43. The molecule has 1 saturated heterocycles. The van der Waals surface area contributed by atoms with Crippen molar-refractivity contribution in [1.29, 1.82) is 0 Å². The number of anilines is 2. The molecule has 188 valence electrons. The summed E-state index contributed by atoms with van der Waals surface area (Å²) in [5.74, 6) is 5.19. The van der Waals surface area contributed by atoms with E-state index in [0.29, 0.717) is 46.4 Å². The number of nitrogen functional groups attached to an aromatic ring is 1. The minimum Gasteiger partial charge on any atom is -0.383 e. The van der Waals surface area contributed by atoms with Crippen molar-refractivity contribution in [2.75, 3.05) is 17.7 Å². The van der Waals surface area contributed by atoms with Gasteiger partial charge in [0.15, 0.2) is 5.65 Å². The zero-order chi connectivity index (χ0) is 26.1. The third-order valence-electron chi connectivity index (χ3n) is 6.07. The SMILES string of the molecule is CCn1nc(C#Cc2cc(NC(=O)N3OCC[C@@H]3c3cccc(F)c3)c(F)cc2C)c2c(N)ncnc21. The number of amides is 2. The highest BCUT2D eigenvalue weighted by Gasteiger charge is 2.32. The van der Waals surface area contributed by atoms with E-state index in [1.54, 1.807) is 23.7 Å². The van der Waals surface area contributed by atoms with E-state index >= 15 is 0 Å². The predicted molar refractivity (Wildman–Crippen MR) is 133 cm³/mol. The Labute approximate surface area is 211 Å². The fourth-order valence-electron chi connectivity index (χ4n) is 4.22. The fraction of sp³-hybridized carbons (Fsp3) is 0.231. The maximum absolute atomic E-state index is 14.8. The number of nitrogens with zero attached hydrogens (tertiary/aromatic N) is 5. The molecule has 2 amide bonds. The van der Waals surface area contributed by atoms with Gasteiger partial charge in [0, 0.05) is 18.5 Å². The molecule has 0 spiro atoms. The van der Waals surface area contributed by atoms with E-state index in [9.17, 15) is 13.6 Å². The molecular formula is C26H23F2N7O2. The van der Waals surface area contributed by atoms with Crippen LogP contribution in [-0.2, 0) is 11.4 Å². The molecule has 1 aliphatic rings. The van der Waals surface area contributed by atoms with Crippen molar-refractivity contribution in [3.8, 4) is 11.8 Å². The van der Waals surface area contributed by atoms with Gasteiger partial charge in [-0.15, -0.1) is 0 Å². The number of nitrogens with one attached hydrogen (secondary N) is 1. The van der Waals surface area contributed by atoms with Gasteiger partial charge >= 0.3 is 6.03 Å². The second kappa shape index (κ2) is 9.83. The van der Waals surface area contributed by atoms with E-state index < -0.39 is 23.7 Å². The number of benzene rings is 2. The zero-order valence-electron chi connectivity index (χ0n) is 20.1. The summed E-state index contributed by atoms with van der Waals surface area (Å²) in [6, 6.07) is 7.51. The first kappa shape index (κ1) is 24.1. The van der Waals surface area contributed by atoms with Crippen LogP contribution in [0.2, 0.25) is 0 Å². The lowest BCUT2D eigenvalue weighted by Gasteiger charge is -2.23. The van der Waals surface area contributed by atoms with Crippen LogP contribution in [0.4, 0.5) is 25.1 Å². The lowest BCUT2D eigenvalue weighted by Crippen LogP contribution is -2.33. The van der Waals surface area contributed by atoms with Crippen LogP contribution < -0.4 is 11.1 Å². The number of hydrogen-bond donors (Lipinski definition) is 2. The van der Waals surface area contributed by atoms with Crippen molar-refractivity contribution in [1.82, 2.24) is 24.8 Å². The number of fused-ring (bicyclic) bond motifs is 1. The van der Waals surface area contributed by atoms with Crippen LogP contribution in [0.3, 0.4) is 0 Å². The summed E-state index contributed by atoms with van der Waals surface area (Å²) in [6.07, 6.45) is 1.85. The topological polar surface area (TPSA) is 111 Å². The molecule has 0 saturated carbocycles. The second-order valence-electron chi connectivity index (χ2n) is 8.47. The summed E-state index contributed by atoms with van der Waals surface area (Å²) in [5.41, 5.74) is 8.58. The number of urea groups is 1. The number of aromatic nitrogens is 4. The summed E-state index contributed by atoms with van der Waals surface area (Å²) in [6.45, 7) is 4.47. The Morgan fingerprint density at radius 2 is 2.08 bits per heavy atom.